The van der Waals surface area contributed by atoms with Gasteiger partial charge < -0.3 is 10.6 Å². The lowest BCUT2D eigenvalue weighted by atomic mass is 10.3. The van der Waals surface area contributed by atoms with Gasteiger partial charge in [0.25, 0.3) is 0 Å². The molecule has 0 saturated carbocycles. The summed E-state index contributed by atoms with van der Waals surface area (Å²) in [7, 11) is -1.26. The number of nitrogens with one attached hydrogen (secondary N) is 2. The van der Waals surface area contributed by atoms with E-state index in [1.165, 1.54) is 0 Å². The first kappa shape index (κ1) is 12.3. The van der Waals surface area contributed by atoms with Crippen molar-refractivity contribution in [3.8, 4) is 0 Å². The van der Waals surface area contributed by atoms with Crippen LogP contribution in [0.1, 0.15) is 6.42 Å². The smallest absolute Gasteiger partial charge is 0.229 e. The summed E-state index contributed by atoms with van der Waals surface area (Å²) >= 11 is 5.71. The van der Waals surface area contributed by atoms with Crippen molar-refractivity contribution in [3.05, 3.63) is 5.28 Å². The number of anilines is 2. The molecule has 2 heterocycles. The number of hydrogen-bond acceptors (Lipinski definition) is 7. The molecule has 0 aliphatic carbocycles. The van der Waals surface area contributed by atoms with E-state index in [2.05, 4.69) is 25.6 Å². The van der Waals surface area contributed by atoms with E-state index in [4.69, 9.17) is 11.6 Å². The van der Waals surface area contributed by atoms with E-state index in [1.54, 1.807) is 7.05 Å². The van der Waals surface area contributed by atoms with Crippen LogP contribution in [0.3, 0.4) is 0 Å². The molecule has 0 amide bonds. The van der Waals surface area contributed by atoms with Gasteiger partial charge in [0.2, 0.25) is 17.2 Å². The molecule has 1 unspecified atom stereocenters. The van der Waals surface area contributed by atoms with Gasteiger partial charge in [-0.25, -0.2) is 8.42 Å². The summed E-state index contributed by atoms with van der Waals surface area (Å²) in [5, 5.41) is 5.75. The van der Waals surface area contributed by atoms with Gasteiger partial charge in [0.15, 0.2) is 9.84 Å². The molecular formula is C8H12ClN5O2S. The van der Waals surface area contributed by atoms with E-state index < -0.39 is 9.84 Å². The highest BCUT2D eigenvalue weighted by Gasteiger charge is 2.28. The van der Waals surface area contributed by atoms with Gasteiger partial charge in [0.05, 0.1) is 11.5 Å². The van der Waals surface area contributed by atoms with Crippen LogP contribution in [-0.4, -0.2) is 48.0 Å². The van der Waals surface area contributed by atoms with Crippen LogP contribution in [0.5, 0.6) is 0 Å². The van der Waals surface area contributed by atoms with Gasteiger partial charge in [-0.3, -0.25) is 0 Å². The third-order valence-corrected chi connectivity index (χ3v) is 4.33. The van der Waals surface area contributed by atoms with E-state index in [9.17, 15) is 8.42 Å². The van der Waals surface area contributed by atoms with Gasteiger partial charge in [0, 0.05) is 13.1 Å². The van der Waals surface area contributed by atoms with Crippen LogP contribution >= 0.6 is 11.6 Å². The Morgan fingerprint density at radius 3 is 2.59 bits per heavy atom. The number of rotatable bonds is 3. The van der Waals surface area contributed by atoms with Gasteiger partial charge in [-0.15, -0.1) is 0 Å². The molecule has 0 aromatic carbocycles. The fourth-order valence-corrected chi connectivity index (χ4v) is 3.45. The first-order valence-corrected chi connectivity index (χ1v) is 7.25. The molecule has 0 bridgehead atoms. The Morgan fingerprint density at radius 2 is 2.00 bits per heavy atom. The Labute approximate surface area is 104 Å². The van der Waals surface area contributed by atoms with Crippen molar-refractivity contribution < 1.29 is 8.42 Å². The lowest BCUT2D eigenvalue weighted by Crippen LogP contribution is -2.22. The largest absolute Gasteiger partial charge is 0.357 e. The van der Waals surface area contributed by atoms with Crippen LogP contribution < -0.4 is 10.6 Å². The lowest BCUT2D eigenvalue weighted by molar-refractivity contribution is 0.602. The maximum absolute atomic E-state index is 11.3. The van der Waals surface area contributed by atoms with E-state index in [0.717, 1.165) is 0 Å². The summed E-state index contributed by atoms with van der Waals surface area (Å²) in [6.45, 7) is 0. The maximum Gasteiger partial charge on any atom is 0.229 e. The van der Waals surface area contributed by atoms with Crippen molar-refractivity contribution in [1.29, 1.82) is 0 Å². The van der Waals surface area contributed by atoms with Crippen LogP contribution in [0.25, 0.3) is 0 Å². The summed E-state index contributed by atoms with van der Waals surface area (Å²) in [6, 6.07) is -0.164. The van der Waals surface area contributed by atoms with E-state index in [1.807, 2.05) is 0 Å². The zero-order valence-corrected chi connectivity index (χ0v) is 10.7. The zero-order chi connectivity index (χ0) is 12.5. The predicted molar refractivity (Wildman–Crippen MR) is 65.1 cm³/mol. The zero-order valence-electron chi connectivity index (χ0n) is 9.14. The Hall–Kier alpha value is -1.15. The Kier molecular flexibility index (Phi) is 3.34. The molecule has 0 radical (unpaired) electrons. The van der Waals surface area contributed by atoms with Crippen LogP contribution in [0, 0.1) is 0 Å². The van der Waals surface area contributed by atoms with Crippen molar-refractivity contribution in [3.63, 3.8) is 0 Å². The van der Waals surface area contributed by atoms with Gasteiger partial charge in [0.1, 0.15) is 0 Å². The predicted octanol–water partition coefficient (Wildman–Crippen LogP) is 0.166. The Bertz CT molecular complexity index is 521. The second kappa shape index (κ2) is 4.61. The first-order chi connectivity index (χ1) is 7.98. The van der Waals surface area contributed by atoms with Crippen molar-refractivity contribution in [2.45, 2.75) is 12.5 Å². The number of nitrogens with zero attached hydrogens (tertiary/aromatic N) is 3. The molecule has 0 spiro atoms. The third kappa shape index (κ3) is 3.16. The normalized spacial score (nSPS) is 22.4. The molecule has 94 valence electrons. The van der Waals surface area contributed by atoms with Gasteiger partial charge >= 0.3 is 0 Å². The van der Waals surface area contributed by atoms with E-state index >= 15 is 0 Å². The molecule has 1 aliphatic heterocycles. The average molecular weight is 278 g/mol. The molecule has 2 N–H and O–H groups in total. The highest BCUT2D eigenvalue weighted by atomic mass is 35.5. The summed E-state index contributed by atoms with van der Waals surface area (Å²) in [5.74, 6) is 0.929. The molecule has 7 nitrogen and oxygen atoms in total. The first-order valence-electron chi connectivity index (χ1n) is 5.05. The fourth-order valence-electron chi connectivity index (χ4n) is 1.62. The quantitative estimate of drug-likeness (QED) is 0.812. The fraction of sp³-hybridized carbons (Fsp3) is 0.625. The lowest BCUT2D eigenvalue weighted by Gasteiger charge is -2.11. The van der Waals surface area contributed by atoms with Crippen molar-refractivity contribution in [2.75, 3.05) is 29.2 Å². The molecule has 9 heteroatoms. The molecular weight excluding hydrogens is 266 g/mol. The number of hydrogen-bond donors (Lipinski definition) is 2. The van der Waals surface area contributed by atoms with E-state index in [0.29, 0.717) is 12.4 Å². The molecule has 17 heavy (non-hydrogen) atoms. The molecule has 2 rings (SSSR count). The Balaban J connectivity index is 2.11. The number of aromatic nitrogens is 3. The molecule has 1 saturated heterocycles. The summed E-state index contributed by atoms with van der Waals surface area (Å²) in [4.78, 5) is 11.8. The highest BCUT2D eigenvalue weighted by Crippen LogP contribution is 2.16. The molecule has 1 fully saturated rings. The SMILES string of the molecule is CNc1nc(Cl)nc(NC2CCS(=O)(=O)C2)n1. The van der Waals surface area contributed by atoms with Gasteiger partial charge in [-0.2, -0.15) is 15.0 Å². The van der Waals surface area contributed by atoms with Crippen LogP contribution in [0.2, 0.25) is 5.28 Å². The number of halogens is 1. The van der Waals surface area contributed by atoms with Crippen LogP contribution in [0.15, 0.2) is 0 Å². The second-order valence-corrected chi connectivity index (χ2v) is 6.31. The minimum Gasteiger partial charge on any atom is -0.357 e. The van der Waals surface area contributed by atoms with Crippen molar-refractivity contribution in [2.24, 2.45) is 0 Å². The standard InChI is InChI=1S/C8H12ClN5O2S/c1-10-7-12-6(9)13-8(14-7)11-5-2-3-17(15,16)4-5/h5H,2-4H2,1H3,(H2,10,11,12,13,14). The molecule has 1 aliphatic rings. The molecule has 1 aromatic heterocycles. The second-order valence-electron chi connectivity index (χ2n) is 3.75. The van der Waals surface area contributed by atoms with E-state index in [-0.39, 0.29) is 28.8 Å². The average Bonchev–Trinajstić information content (AvgIpc) is 2.57. The van der Waals surface area contributed by atoms with Gasteiger partial charge in [-0.05, 0) is 18.0 Å². The summed E-state index contributed by atoms with van der Waals surface area (Å²) in [6.07, 6.45) is 0.556. The minimum atomic E-state index is -2.92. The van der Waals surface area contributed by atoms with Crippen LogP contribution in [0.4, 0.5) is 11.9 Å². The van der Waals surface area contributed by atoms with Crippen molar-refractivity contribution in [1.82, 2.24) is 15.0 Å². The maximum atomic E-state index is 11.3. The number of sulfone groups is 1. The van der Waals surface area contributed by atoms with Crippen molar-refractivity contribution >= 4 is 33.3 Å². The molecule has 1 atom stereocenters. The van der Waals surface area contributed by atoms with Crippen LogP contribution in [-0.2, 0) is 9.84 Å². The third-order valence-electron chi connectivity index (χ3n) is 2.40. The minimum absolute atomic E-state index is 0.0627. The summed E-state index contributed by atoms with van der Waals surface area (Å²) < 4.78 is 22.6. The Morgan fingerprint density at radius 1 is 1.29 bits per heavy atom. The monoisotopic (exact) mass is 277 g/mol. The topological polar surface area (TPSA) is 96.9 Å². The van der Waals surface area contributed by atoms with Gasteiger partial charge in [-0.1, -0.05) is 0 Å². The summed E-state index contributed by atoms with van der Waals surface area (Å²) in [5.41, 5.74) is 0. The highest BCUT2D eigenvalue weighted by molar-refractivity contribution is 7.91. The molecule has 1 aromatic rings.